The van der Waals surface area contributed by atoms with Crippen molar-refractivity contribution in [3.63, 3.8) is 0 Å². The first-order chi connectivity index (χ1) is 4.43. The molecule has 0 aromatic heterocycles. The minimum Gasteiger partial charge on any atom is -0.427 e. The summed E-state index contributed by atoms with van der Waals surface area (Å²) in [6, 6.07) is 0. The summed E-state index contributed by atoms with van der Waals surface area (Å²) in [6.45, 7) is 4.44. The smallest absolute Gasteiger partial charge is 0.363 e. The van der Waals surface area contributed by atoms with E-state index in [-0.39, 0.29) is 0 Å². The molecule has 1 aliphatic heterocycles. The maximum atomic E-state index is 4.98. The van der Waals surface area contributed by atoms with Gasteiger partial charge in [0.15, 0.2) is 0 Å². The first-order valence-corrected chi connectivity index (χ1v) is 3.35. The minimum absolute atomic E-state index is 0.779. The zero-order chi connectivity index (χ0) is 6.53. The first kappa shape index (κ1) is 7.06. The molecule has 52 valence electrons. The van der Waals surface area contributed by atoms with Crippen molar-refractivity contribution >= 4 is 7.62 Å². The normalized spacial score (nSPS) is 21.9. The van der Waals surface area contributed by atoms with Crippen molar-refractivity contribution in [3.05, 3.63) is 0 Å². The molecule has 4 heteroatoms. The molecule has 0 unspecified atom stereocenters. The third-order valence-corrected chi connectivity index (χ3v) is 1.52. The molecule has 1 aliphatic rings. The van der Waals surface area contributed by atoms with Crippen molar-refractivity contribution < 1.29 is 4.65 Å². The van der Waals surface area contributed by atoms with Crippen LogP contribution in [0, 0.1) is 0 Å². The Labute approximate surface area is 56.7 Å². The molecule has 0 saturated carbocycles. The third-order valence-electron chi connectivity index (χ3n) is 1.52. The first-order valence-electron chi connectivity index (χ1n) is 3.35. The van der Waals surface area contributed by atoms with Crippen molar-refractivity contribution in [1.82, 2.24) is 10.1 Å². The van der Waals surface area contributed by atoms with E-state index in [1.807, 2.05) is 0 Å². The number of nitrogens with zero attached hydrogens (tertiary/aromatic N) is 1. The molecule has 1 heterocycles. The van der Waals surface area contributed by atoms with E-state index in [2.05, 4.69) is 10.1 Å². The zero-order valence-electron chi connectivity index (χ0n) is 5.89. The highest BCUT2D eigenvalue weighted by Crippen LogP contribution is 1.87. The number of rotatable bonds is 2. The summed E-state index contributed by atoms with van der Waals surface area (Å²) in [7, 11) is 2.52. The minimum atomic E-state index is 0.779. The summed E-state index contributed by atoms with van der Waals surface area (Å²) < 4.78 is 4.98. The van der Waals surface area contributed by atoms with E-state index in [0.717, 1.165) is 33.8 Å². The van der Waals surface area contributed by atoms with E-state index in [1.165, 1.54) is 0 Å². The molecule has 0 aromatic carbocycles. The van der Waals surface area contributed by atoms with Gasteiger partial charge in [-0.2, -0.15) is 0 Å². The van der Waals surface area contributed by atoms with Crippen LogP contribution in [0.5, 0.6) is 0 Å². The summed E-state index contributed by atoms with van der Waals surface area (Å²) in [6.07, 6.45) is 0. The Bertz CT molecular complexity index is 72.6. The van der Waals surface area contributed by atoms with Crippen molar-refractivity contribution in [1.29, 1.82) is 0 Å². The monoisotopic (exact) mass is 128 g/mol. The molecular formula is C5H13BN2O. The summed E-state index contributed by atoms with van der Waals surface area (Å²) in [5, 5.41) is 3.28. The molecule has 0 atom stereocenters. The molecule has 0 bridgehead atoms. The van der Waals surface area contributed by atoms with Gasteiger partial charge in [0, 0.05) is 33.3 Å². The van der Waals surface area contributed by atoms with E-state index in [9.17, 15) is 0 Å². The Morgan fingerprint density at radius 1 is 1.44 bits per heavy atom. The van der Waals surface area contributed by atoms with Crippen LogP contribution in [0.2, 0.25) is 0 Å². The fraction of sp³-hybridized carbons (Fsp3) is 1.00. The highest BCUT2D eigenvalue weighted by Gasteiger charge is 2.08. The predicted molar refractivity (Wildman–Crippen MR) is 38.6 cm³/mol. The molecule has 1 N–H and O–H groups in total. The lowest BCUT2D eigenvalue weighted by Crippen LogP contribution is -2.45. The second-order valence-electron chi connectivity index (χ2n) is 2.29. The van der Waals surface area contributed by atoms with Gasteiger partial charge >= 0.3 is 7.62 Å². The van der Waals surface area contributed by atoms with Gasteiger partial charge in [0.25, 0.3) is 0 Å². The zero-order valence-corrected chi connectivity index (χ0v) is 5.89. The van der Waals surface area contributed by atoms with Gasteiger partial charge in [-0.15, -0.1) is 0 Å². The fourth-order valence-corrected chi connectivity index (χ4v) is 1.02. The van der Waals surface area contributed by atoms with Crippen LogP contribution in [0.4, 0.5) is 0 Å². The Kier molecular flexibility index (Phi) is 3.04. The van der Waals surface area contributed by atoms with E-state index >= 15 is 0 Å². The van der Waals surface area contributed by atoms with Gasteiger partial charge in [0.1, 0.15) is 0 Å². The lowest BCUT2D eigenvalue weighted by Gasteiger charge is -2.25. The highest BCUT2D eigenvalue weighted by atomic mass is 16.4. The predicted octanol–water partition coefficient (Wildman–Crippen LogP) is -1.20. The SMILES string of the molecule is COBN1CCNCC1. The van der Waals surface area contributed by atoms with Gasteiger partial charge in [-0.3, -0.25) is 0 Å². The van der Waals surface area contributed by atoms with Crippen LogP contribution in [0.25, 0.3) is 0 Å². The second-order valence-corrected chi connectivity index (χ2v) is 2.29. The summed E-state index contributed by atoms with van der Waals surface area (Å²) in [5.41, 5.74) is 0. The van der Waals surface area contributed by atoms with Crippen LogP contribution in [0.3, 0.4) is 0 Å². The van der Waals surface area contributed by atoms with Gasteiger partial charge in [-0.1, -0.05) is 0 Å². The van der Waals surface area contributed by atoms with Gasteiger partial charge in [0.2, 0.25) is 0 Å². The fourth-order valence-electron chi connectivity index (χ4n) is 1.02. The molecule has 0 spiro atoms. The van der Waals surface area contributed by atoms with Gasteiger partial charge < -0.3 is 14.8 Å². The molecule has 0 radical (unpaired) electrons. The number of nitrogens with one attached hydrogen (secondary N) is 1. The van der Waals surface area contributed by atoms with Crippen molar-refractivity contribution in [2.45, 2.75) is 0 Å². The topological polar surface area (TPSA) is 24.5 Å². The molecule has 3 nitrogen and oxygen atoms in total. The van der Waals surface area contributed by atoms with Crippen molar-refractivity contribution in [2.75, 3.05) is 33.3 Å². The molecule has 1 rings (SSSR count). The van der Waals surface area contributed by atoms with E-state index in [0.29, 0.717) is 0 Å². The van der Waals surface area contributed by atoms with Crippen molar-refractivity contribution in [3.8, 4) is 0 Å². The lowest BCUT2D eigenvalue weighted by molar-refractivity contribution is 0.309. The van der Waals surface area contributed by atoms with E-state index < -0.39 is 0 Å². The summed E-state index contributed by atoms with van der Waals surface area (Å²) in [5.74, 6) is 0. The van der Waals surface area contributed by atoms with Crippen molar-refractivity contribution in [2.24, 2.45) is 0 Å². The number of piperazine rings is 1. The second kappa shape index (κ2) is 3.87. The van der Waals surface area contributed by atoms with E-state index in [4.69, 9.17) is 4.65 Å². The van der Waals surface area contributed by atoms with Crippen LogP contribution in [-0.2, 0) is 4.65 Å². The summed E-state index contributed by atoms with van der Waals surface area (Å²) >= 11 is 0. The standard InChI is InChI=1S/C5H13BN2O/c1-9-6-8-4-2-7-3-5-8/h6-7H,2-5H2,1H3. The number of hydrogen-bond acceptors (Lipinski definition) is 3. The Balaban J connectivity index is 2.08. The molecule has 9 heavy (non-hydrogen) atoms. The third kappa shape index (κ3) is 2.34. The average Bonchev–Trinajstić information content (AvgIpc) is 1.91. The molecule has 0 amide bonds. The quantitative estimate of drug-likeness (QED) is 0.473. The Morgan fingerprint density at radius 2 is 2.11 bits per heavy atom. The Morgan fingerprint density at radius 3 is 2.67 bits per heavy atom. The van der Waals surface area contributed by atoms with Crippen LogP contribution in [-0.4, -0.2) is 45.7 Å². The van der Waals surface area contributed by atoms with Gasteiger partial charge in [-0.05, 0) is 0 Å². The molecule has 0 aliphatic carbocycles. The number of hydrogen-bond donors (Lipinski definition) is 1. The molecule has 1 saturated heterocycles. The van der Waals surface area contributed by atoms with E-state index in [1.54, 1.807) is 7.11 Å². The van der Waals surface area contributed by atoms with Crippen LogP contribution in [0.15, 0.2) is 0 Å². The van der Waals surface area contributed by atoms with Crippen LogP contribution in [0.1, 0.15) is 0 Å². The average molecular weight is 128 g/mol. The van der Waals surface area contributed by atoms with Gasteiger partial charge in [-0.25, -0.2) is 0 Å². The lowest BCUT2D eigenvalue weighted by atomic mass is 10.1. The maximum absolute atomic E-state index is 4.98. The summed E-state index contributed by atoms with van der Waals surface area (Å²) in [4.78, 5) is 2.29. The molecule has 1 fully saturated rings. The van der Waals surface area contributed by atoms with Gasteiger partial charge in [0.05, 0.1) is 0 Å². The van der Waals surface area contributed by atoms with Crippen LogP contribution >= 0.6 is 0 Å². The maximum Gasteiger partial charge on any atom is 0.363 e. The molecule has 0 aromatic rings. The molecular weight excluding hydrogens is 115 g/mol. The Hall–Kier alpha value is -0.0551. The largest absolute Gasteiger partial charge is 0.427 e. The van der Waals surface area contributed by atoms with Crippen LogP contribution < -0.4 is 5.32 Å². The highest BCUT2D eigenvalue weighted by molar-refractivity contribution is 6.23.